The van der Waals surface area contributed by atoms with Crippen LogP contribution in [0.5, 0.6) is 0 Å². The maximum Gasteiger partial charge on any atom is 0.407 e. The van der Waals surface area contributed by atoms with Crippen LogP contribution in [0.1, 0.15) is 19.8 Å². The van der Waals surface area contributed by atoms with Gasteiger partial charge in [-0.1, -0.05) is 6.92 Å². The Labute approximate surface area is 81.2 Å². The first kappa shape index (κ1) is 12.4. The van der Waals surface area contributed by atoms with E-state index in [1.807, 2.05) is 5.32 Å². The topological polar surface area (TPSA) is 92.7 Å². The Morgan fingerprint density at radius 3 is 2.36 bits per heavy atom. The fourth-order valence-electron chi connectivity index (χ4n) is 0.773. The number of carbonyl (C=O) groups is 3. The Balaban J connectivity index is 4.23. The summed E-state index contributed by atoms with van der Waals surface area (Å²) < 4.78 is 4.22. The smallest absolute Gasteiger partial charge is 0.407 e. The van der Waals surface area contributed by atoms with Gasteiger partial charge in [0.15, 0.2) is 0 Å². The van der Waals surface area contributed by atoms with E-state index in [0.717, 1.165) is 7.11 Å². The Morgan fingerprint density at radius 1 is 1.43 bits per heavy atom. The second-order valence-electron chi connectivity index (χ2n) is 2.62. The van der Waals surface area contributed by atoms with Gasteiger partial charge in [0.1, 0.15) is 11.8 Å². The third kappa shape index (κ3) is 4.44. The summed E-state index contributed by atoms with van der Waals surface area (Å²) in [5, 5.41) is 10.7. The largest absolute Gasteiger partial charge is 0.480 e. The van der Waals surface area contributed by atoms with Gasteiger partial charge in [-0.2, -0.15) is 0 Å². The van der Waals surface area contributed by atoms with Gasteiger partial charge in [-0.15, -0.1) is 0 Å². The van der Waals surface area contributed by atoms with Crippen LogP contribution in [-0.2, 0) is 14.3 Å². The normalized spacial score (nSPS) is 11.6. The molecule has 0 spiro atoms. The highest BCUT2D eigenvalue weighted by molar-refractivity contribution is 5.87. The second kappa shape index (κ2) is 5.95. The summed E-state index contributed by atoms with van der Waals surface area (Å²) in [4.78, 5) is 32.2. The van der Waals surface area contributed by atoms with E-state index in [0.29, 0.717) is 0 Å². The van der Waals surface area contributed by atoms with Gasteiger partial charge in [0.2, 0.25) is 0 Å². The van der Waals surface area contributed by atoms with E-state index in [2.05, 4.69) is 4.74 Å². The van der Waals surface area contributed by atoms with Crippen LogP contribution in [-0.4, -0.2) is 36.1 Å². The summed E-state index contributed by atoms with van der Waals surface area (Å²) in [6, 6.07) is -1.21. The number of ether oxygens (including phenoxy) is 1. The van der Waals surface area contributed by atoms with Gasteiger partial charge in [-0.25, -0.2) is 9.59 Å². The average molecular weight is 203 g/mol. The van der Waals surface area contributed by atoms with Crippen LogP contribution < -0.4 is 5.32 Å². The number of carboxylic acids is 1. The first-order chi connectivity index (χ1) is 6.51. The maximum absolute atomic E-state index is 10.9. The highest BCUT2D eigenvalue weighted by Crippen LogP contribution is 1.97. The molecule has 6 heteroatoms. The number of rotatable bonds is 5. The Kier molecular flexibility index (Phi) is 5.28. The molecule has 0 saturated carbocycles. The molecular formula is C8H13NO5. The van der Waals surface area contributed by atoms with Crippen molar-refractivity contribution in [1.29, 1.82) is 0 Å². The van der Waals surface area contributed by atoms with Crippen molar-refractivity contribution in [3.05, 3.63) is 0 Å². The third-order valence-corrected chi connectivity index (χ3v) is 1.60. The molecule has 1 atom stereocenters. The molecule has 0 heterocycles. The molecule has 0 bridgehead atoms. The molecule has 2 N–H and O–H groups in total. The predicted molar refractivity (Wildman–Crippen MR) is 46.9 cm³/mol. The van der Waals surface area contributed by atoms with Gasteiger partial charge in [0.25, 0.3) is 0 Å². The molecule has 14 heavy (non-hydrogen) atoms. The lowest BCUT2D eigenvalue weighted by molar-refractivity contribution is -0.141. The highest BCUT2D eigenvalue weighted by Gasteiger charge is 2.22. The second-order valence-corrected chi connectivity index (χ2v) is 2.62. The van der Waals surface area contributed by atoms with Crippen molar-refractivity contribution in [2.75, 3.05) is 7.11 Å². The quantitative estimate of drug-likeness (QED) is 0.664. The zero-order valence-electron chi connectivity index (χ0n) is 8.07. The molecule has 80 valence electrons. The van der Waals surface area contributed by atoms with Crippen molar-refractivity contribution in [2.45, 2.75) is 25.8 Å². The van der Waals surface area contributed by atoms with Crippen LogP contribution in [0.4, 0.5) is 4.79 Å². The molecule has 6 nitrogen and oxygen atoms in total. The van der Waals surface area contributed by atoms with Gasteiger partial charge >= 0.3 is 12.1 Å². The number of amides is 1. The third-order valence-electron chi connectivity index (χ3n) is 1.60. The maximum atomic E-state index is 10.9. The number of carboxylic acid groups (broad SMARTS) is 1. The SMILES string of the molecule is CCC(=O)CC(NC(=O)OC)C(=O)O. The molecule has 0 saturated heterocycles. The Bertz CT molecular complexity index is 220. The van der Waals surface area contributed by atoms with Crippen LogP contribution in [0.25, 0.3) is 0 Å². The van der Waals surface area contributed by atoms with E-state index in [1.54, 1.807) is 6.92 Å². The van der Waals surface area contributed by atoms with Gasteiger partial charge in [-0.05, 0) is 0 Å². The summed E-state index contributed by atoms with van der Waals surface area (Å²) in [6.45, 7) is 1.62. The van der Waals surface area contributed by atoms with E-state index in [1.165, 1.54) is 0 Å². The number of Topliss-reactive ketones (excluding diaryl/α,β-unsaturated/α-hetero) is 1. The Morgan fingerprint density at radius 2 is 2.00 bits per heavy atom. The van der Waals surface area contributed by atoms with Crippen LogP contribution in [0.2, 0.25) is 0 Å². The number of nitrogens with one attached hydrogen (secondary N) is 1. The molecule has 0 radical (unpaired) electrons. The number of hydrogen-bond acceptors (Lipinski definition) is 4. The molecule has 0 aliphatic heterocycles. The molecule has 0 aromatic heterocycles. The fraction of sp³-hybridized carbons (Fsp3) is 0.625. The lowest BCUT2D eigenvalue weighted by Crippen LogP contribution is -2.42. The summed E-state index contributed by atoms with van der Waals surface area (Å²) in [7, 11) is 1.12. The molecule has 0 aromatic rings. The minimum absolute atomic E-state index is 0.221. The minimum atomic E-state index is -1.25. The monoisotopic (exact) mass is 203 g/mol. The van der Waals surface area contributed by atoms with Crippen LogP contribution in [0.15, 0.2) is 0 Å². The Hall–Kier alpha value is -1.59. The van der Waals surface area contributed by atoms with Crippen molar-refractivity contribution in [2.24, 2.45) is 0 Å². The van der Waals surface area contributed by atoms with E-state index in [4.69, 9.17) is 5.11 Å². The van der Waals surface area contributed by atoms with Crippen LogP contribution >= 0.6 is 0 Å². The summed E-state index contributed by atoms with van der Waals surface area (Å²) in [5.41, 5.74) is 0. The van der Waals surface area contributed by atoms with Crippen molar-refractivity contribution in [3.63, 3.8) is 0 Å². The lowest BCUT2D eigenvalue weighted by atomic mass is 10.1. The van der Waals surface area contributed by atoms with Crippen molar-refractivity contribution < 1.29 is 24.2 Å². The number of hydrogen-bond donors (Lipinski definition) is 2. The van der Waals surface area contributed by atoms with E-state index in [9.17, 15) is 14.4 Å². The van der Waals surface area contributed by atoms with Gasteiger partial charge in [0.05, 0.1) is 7.11 Å². The standard InChI is InChI=1S/C8H13NO5/c1-3-5(10)4-6(7(11)12)9-8(13)14-2/h6H,3-4H2,1-2H3,(H,9,13)(H,11,12). The first-order valence-electron chi connectivity index (χ1n) is 4.10. The summed E-state index contributed by atoms with van der Waals surface area (Å²) >= 11 is 0. The summed E-state index contributed by atoms with van der Waals surface area (Å²) in [5.74, 6) is -1.48. The number of alkyl carbamates (subject to hydrolysis) is 1. The minimum Gasteiger partial charge on any atom is -0.480 e. The fourth-order valence-corrected chi connectivity index (χ4v) is 0.773. The molecule has 0 aliphatic carbocycles. The van der Waals surface area contributed by atoms with E-state index < -0.39 is 18.1 Å². The highest BCUT2D eigenvalue weighted by atomic mass is 16.5. The molecule has 1 amide bonds. The van der Waals surface area contributed by atoms with Crippen molar-refractivity contribution in [3.8, 4) is 0 Å². The number of methoxy groups -OCH3 is 1. The lowest BCUT2D eigenvalue weighted by Gasteiger charge is -2.11. The van der Waals surface area contributed by atoms with E-state index in [-0.39, 0.29) is 18.6 Å². The number of aliphatic carboxylic acids is 1. The van der Waals surface area contributed by atoms with Gasteiger partial charge < -0.3 is 15.2 Å². The average Bonchev–Trinajstić information content (AvgIpc) is 2.16. The molecular weight excluding hydrogens is 190 g/mol. The van der Waals surface area contributed by atoms with Gasteiger partial charge in [0, 0.05) is 12.8 Å². The van der Waals surface area contributed by atoms with Gasteiger partial charge in [-0.3, -0.25) is 4.79 Å². The molecule has 0 rings (SSSR count). The van der Waals surface area contributed by atoms with Crippen LogP contribution in [0, 0.1) is 0 Å². The molecule has 0 fully saturated rings. The number of carbonyl (C=O) groups excluding carboxylic acids is 2. The first-order valence-corrected chi connectivity index (χ1v) is 4.10. The molecule has 0 aliphatic rings. The zero-order chi connectivity index (χ0) is 11.1. The van der Waals surface area contributed by atoms with Crippen molar-refractivity contribution in [1.82, 2.24) is 5.32 Å². The van der Waals surface area contributed by atoms with E-state index >= 15 is 0 Å². The summed E-state index contributed by atoms with van der Waals surface area (Å²) in [6.07, 6.45) is -0.839. The zero-order valence-corrected chi connectivity index (χ0v) is 8.07. The van der Waals surface area contributed by atoms with Crippen molar-refractivity contribution >= 4 is 17.8 Å². The molecule has 1 unspecified atom stereocenters. The van der Waals surface area contributed by atoms with Crippen LogP contribution in [0.3, 0.4) is 0 Å². The molecule has 0 aromatic carbocycles. The number of ketones is 1. The predicted octanol–water partition coefficient (Wildman–Crippen LogP) is 0.165.